The van der Waals surface area contributed by atoms with Crippen molar-refractivity contribution >= 4 is 11.6 Å². The molecule has 18 heavy (non-hydrogen) atoms. The number of Topliss-reactive ketones (excluding diaryl/α,β-unsaturated/α-hetero) is 2. The maximum atomic E-state index is 12.3. The van der Waals surface area contributed by atoms with Crippen LogP contribution in [0.1, 0.15) is 39.0 Å². The molecule has 5 nitrogen and oxygen atoms in total. The third-order valence-corrected chi connectivity index (χ3v) is 3.94. The van der Waals surface area contributed by atoms with Crippen LogP contribution in [0, 0.1) is 6.92 Å². The first-order valence-corrected chi connectivity index (χ1v) is 5.96. The van der Waals surface area contributed by atoms with Gasteiger partial charge in [0, 0.05) is 30.3 Å². The molecule has 1 aliphatic heterocycles. The van der Waals surface area contributed by atoms with E-state index in [0.29, 0.717) is 29.8 Å². The first-order valence-electron chi connectivity index (χ1n) is 5.96. The molecule has 0 spiro atoms. The predicted octanol–water partition coefficient (Wildman–Crippen LogP) is 0.292. The smallest absolute Gasteiger partial charge is 0.211 e. The Morgan fingerprint density at radius 1 is 1.22 bits per heavy atom. The van der Waals surface area contributed by atoms with Gasteiger partial charge in [-0.15, -0.1) is 0 Å². The Morgan fingerprint density at radius 2 is 1.89 bits per heavy atom. The van der Waals surface area contributed by atoms with Crippen molar-refractivity contribution in [2.24, 2.45) is 11.5 Å². The zero-order valence-corrected chi connectivity index (χ0v) is 10.4. The van der Waals surface area contributed by atoms with E-state index in [1.807, 2.05) is 11.5 Å². The highest BCUT2D eigenvalue weighted by Gasteiger charge is 2.38. The molecule has 1 aromatic rings. The number of hydrogen-bond donors (Lipinski definition) is 2. The summed E-state index contributed by atoms with van der Waals surface area (Å²) in [6.07, 6.45) is 0.707. The molecule has 0 saturated carbocycles. The summed E-state index contributed by atoms with van der Waals surface area (Å²) >= 11 is 0. The van der Waals surface area contributed by atoms with Crippen molar-refractivity contribution in [2.45, 2.75) is 32.9 Å². The molecular weight excluding hydrogens is 230 g/mol. The Hall–Kier alpha value is -1.88. The van der Waals surface area contributed by atoms with Crippen molar-refractivity contribution in [3.63, 3.8) is 0 Å². The lowest BCUT2D eigenvalue weighted by atomic mass is 9.90. The van der Waals surface area contributed by atoms with Crippen molar-refractivity contribution in [2.75, 3.05) is 0 Å². The highest BCUT2D eigenvalue weighted by Crippen LogP contribution is 2.34. The molecule has 0 fully saturated rings. The lowest BCUT2D eigenvalue weighted by molar-refractivity contribution is 0.0967. The average molecular weight is 245 g/mol. The number of carbonyl (C=O) groups excluding carboxylic acids is 2. The molecule has 4 N–H and O–H groups in total. The molecular formula is C13H15N3O2. The highest BCUT2D eigenvalue weighted by molar-refractivity contribution is 6.26. The van der Waals surface area contributed by atoms with Gasteiger partial charge in [0.15, 0.2) is 0 Å². The summed E-state index contributed by atoms with van der Waals surface area (Å²) in [5, 5.41) is 0. The van der Waals surface area contributed by atoms with Crippen LogP contribution in [-0.2, 0) is 13.0 Å². The van der Waals surface area contributed by atoms with E-state index >= 15 is 0 Å². The van der Waals surface area contributed by atoms with E-state index in [-0.39, 0.29) is 23.3 Å². The molecule has 2 aliphatic rings. The lowest BCUT2D eigenvalue weighted by Gasteiger charge is -2.16. The monoisotopic (exact) mass is 245 g/mol. The van der Waals surface area contributed by atoms with Gasteiger partial charge in [-0.2, -0.15) is 0 Å². The lowest BCUT2D eigenvalue weighted by Crippen LogP contribution is -2.29. The first-order chi connectivity index (χ1) is 8.43. The number of aromatic nitrogens is 1. The van der Waals surface area contributed by atoms with Crippen LogP contribution in [0.4, 0.5) is 0 Å². The second-order valence-electron chi connectivity index (χ2n) is 5.07. The summed E-state index contributed by atoms with van der Waals surface area (Å²) in [5.41, 5.74) is 14.9. The van der Waals surface area contributed by atoms with E-state index in [1.165, 1.54) is 0 Å². The first kappa shape index (κ1) is 11.2. The van der Waals surface area contributed by atoms with E-state index in [1.54, 1.807) is 6.92 Å². The molecule has 94 valence electrons. The Labute approximate surface area is 104 Å². The molecule has 0 bridgehead atoms. The maximum absolute atomic E-state index is 12.3. The molecule has 0 radical (unpaired) electrons. The number of allylic oxidation sites excluding steroid dienone is 2. The van der Waals surface area contributed by atoms with Gasteiger partial charge in [0.2, 0.25) is 11.6 Å². The van der Waals surface area contributed by atoms with Crippen molar-refractivity contribution in [1.29, 1.82) is 0 Å². The quantitative estimate of drug-likeness (QED) is 0.687. The van der Waals surface area contributed by atoms with Gasteiger partial charge in [0.25, 0.3) is 0 Å². The van der Waals surface area contributed by atoms with E-state index in [4.69, 9.17) is 11.5 Å². The van der Waals surface area contributed by atoms with Crippen molar-refractivity contribution in [3.8, 4) is 0 Å². The Morgan fingerprint density at radius 3 is 2.56 bits per heavy atom. The van der Waals surface area contributed by atoms with Crippen LogP contribution in [0.15, 0.2) is 11.3 Å². The molecule has 1 atom stereocenters. The summed E-state index contributed by atoms with van der Waals surface area (Å²) in [4.78, 5) is 24.5. The van der Waals surface area contributed by atoms with Crippen LogP contribution in [0.2, 0.25) is 0 Å². The van der Waals surface area contributed by atoms with Crippen molar-refractivity contribution in [1.82, 2.24) is 4.57 Å². The van der Waals surface area contributed by atoms with Gasteiger partial charge >= 0.3 is 0 Å². The summed E-state index contributed by atoms with van der Waals surface area (Å²) < 4.78 is 1.89. The summed E-state index contributed by atoms with van der Waals surface area (Å²) in [6, 6.07) is 0.0236. The zero-order chi connectivity index (χ0) is 13.2. The van der Waals surface area contributed by atoms with Crippen molar-refractivity contribution in [3.05, 3.63) is 33.8 Å². The number of carbonyl (C=O) groups is 2. The maximum Gasteiger partial charge on any atom is 0.211 e. The van der Waals surface area contributed by atoms with Gasteiger partial charge in [-0.25, -0.2) is 0 Å². The number of nitrogens with zero attached hydrogens (tertiary/aromatic N) is 1. The fourth-order valence-electron chi connectivity index (χ4n) is 2.93. The fourth-order valence-corrected chi connectivity index (χ4v) is 2.93. The molecule has 3 rings (SSSR count). The average Bonchev–Trinajstić information content (AvgIpc) is 2.81. The second-order valence-corrected chi connectivity index (χ2v) is 5.07. The number of nitrogens with two attached hydrogens (primary N) is 2. The van der Waals surface area contributed by atoms with Crippen LogP contribution in [0.5, 0.6) is 0 Å². The third-order valence-electron chi connectivity index (χ3n) is 3.94. The molecule has 0 saturated heterocycles. The van der Waals surface area contributed by atoms with Gasteiger partial charge in [0.1, 0.15) is 5.69 Å². The second kappa shape index (κ2) is 3.32. The van der Waals surface area contributed by atoms with Gasteiger partial charge in [-0.3, -0.25) is 9.59 Å². The standard InChI is InChI=1S/C13H15N3O2/c1-5-8-3-7(14)4-16(8)11-9(5)13(18)10(15)6(2)12(11)17/h7H,3-4,14-15H2,1-2H3/t7-/m1/s1. The van der Waals surface area contributed by atoms with Gasteiger partial charge in [0.05, 0.1) is 11.3 Å². The molecule has 1 aliphatic carbocycles. The highest BCUT2D eigenvalue weighted by atomic mass is 16.1. The molecule has 1 aromatic heterocycles. The zero-order valence-electron chi connectivity index (χ0n) is 10.4. The molecule has 0 aromatic carbocycles. The SMILES string of the molecule is CC1=C(N)C(=O)c2c(C)c3n(c2C1=O)C[C@H](N)C3. The minimum absolute atomic E-state index is 0.0236. The largest absolute Gasteiger partial charge is 0.395 e. The van der Waals surface area contributed by atoms with Gasteiger partial charge < -0.3 is 16.0 Å². The van der Waals surface area contributed by atoms with Crippen LogP contribution in [-0.4, -0.2) is 22.2 Å². The summed E-state index contributed by atoms with van der Waals surface area (Å²) in [6.45, 7) is 4.06. The molecule has 0 amide bonds. The number of rotatable bonds is 0. The number of ketones is 2. The van der Waals surface area contributed by atoms with E-state index in [9.17, 15) is 9.59 Å². The minimum Gasteiger partial charge on any atom is -0.395 e. The normalized spacial score (nSPS) is 22.5. The van der Waals surface area contributed by atoms with Crippen LogP contribution in [0.25, 0.3) is 0 Å². The minimum atomic E-state index is -0.227. The van der Waals surface area contributed by atoms with Crippen LogP contribution in [0.3, 0.4) is 0 Å². The summed E-state index contributed by atoms with van der Waals surface area (Å²) in [7, 11) is 0. The van der Waals surface area contributed by atoms with Gasteiger partial charge in [-0.05, 0) is 19.4 Å². The van der Waals surface area contributed by atoms with E-state index in [2.05, 4.69) is 0 Å². The Balaban J connectivity index is 2.32. The van der Waals surface area contributed by atoms with Crippen LogP contribution >= 0.6 is 0 Å². The molecule has 0 unspecified atom stereocenters. The third kappa shape index (κ3) is 1.14. The topological polar surface area (TPSA) is 91.1 Å². The summed E-state index contributed by atoms with van der Waals surface area (Å²) in [5.74, 6) is -0.374. The predicted molar refractivity (Wildman–Crippen MR) is 66.4 cm³/mol. The Bertz CT molecular complexity index is 637. The number of fused-ring (bicyclic) bond motifs is 3. The van der Waals surface area contributed by atoms with E-state index in [0.717, 1.165) is 11.3 Å². The molecule has 2 heterocycles. The van der Waals surface area contributed by atoms with Crippen molar-refractivity contribution < 1.29 is 9.59 Å². The molecule has 5 heteroatoms. The van der Waals surface area contributed by atoms with Crippen LogP contribution < -0.4 is 11.5 Å². The Kier molecular flexibility index (Phi) is 2.07. The van der Waals surface area contributed by atoms with E-state index < -0.39 is 0 Å². The number of hydrogen-bond acceptors (Lipinski definition) is 4. The fraction of sp³-hybridized carbons (Fsp3) is 0.385. The van der Waals surface area contributed by atoms with Gasteiger partial charge in [-0.1, -0.05) is 0 Å².